The number of fused-ring (bicyclic) bond motifs is 2. The first-order chi connectivity index (χ1) is 14.1. The zero-order chi connectivity index (χ0) is 20.4. The predicted octanol–water partition coefficient (Wildman–Crippen LogP) is 0.944. The van der Waals surface area contributed by atoms with Crippen molar-refractivity contribution in [2.75, 3.05) is 0 Å². The van der Waals surface area contributed by atoms with Crippen LogP contribution in [0.25, 0.3) is 21.5 Å². The number of unbranched alkanes of at least 4 members (excludes halogenated alkanes) is 2. The Bertz CT molecular complexity index is 1120. The molecule has 0 bridgehead atoms. The third-order valence-electron chi connectivity index (χ3n) is 6.72. The van der Waals surface area contributed by atoms with Crippen LogP contribution in [0.2, 0.25) is 13.1 Å². The largest absolute Gasteiger partial charge is 4.00 e. The maximum atomic E-state index is 2.58. The van der Waals surface area contributed by atoms with Crippen LogP contribution < -0.4 is 35.2 Å². The molecule has 0 aromatic heterocycles. The van der Waals surface area contributed by atoms with Crippen molar-refractivity contribution in [3.8, 4) is 0 Å². The van der Waals surface area contributed by atoms with Crippen LogP contribution in [0.5, 0.6) is 0 Å². The number of aryl methyl sites for hydroxylation is 2. The van der Waals surface area contributed by atoms with Crippen LogP contribution in [-0.2, 0) is 39.0 Å². The van der Waals surface area contributed by atoms with Crippen LogP contribution in [0.4, 0.5) is 0 Å². The summed E-state index contributed by atoms with van der Waals surface area (Å²) in [6, 6.07) is 23.3. The van der Waals surface area contributed by atoms with Crippen LogP contribution in [0.15, 0.2) is 60.7 Å². The maximum absolute atomic E-state index is 2.58. The molecule has 168 valence electrons. The summed E-state index contributed by atoms with van der Waals surface area (Å²) in [5.41, 5.74) is 3.18. The van der Waals surface area contributed by atoms with Crippen LogP contribution in [0.3, 0.4) is 0 Å². The van der Waals surface area contributed by atoms with E-state index >= 15 is 0 Å². The minimum Gasteiger partial charge on any atom is -1.00 e. The molecule has 0 aliphatic carbocycles. The molecule has 4 heteroatoms. The van der Waals surface area contributed by atoms with Crippen molar-refractivity contribution in [2.45, 2.75) is 65.5 Å². The Morgan fingerprint density at radius 1 is 0.812 bits per heavy atom. The fourth-order valence-electron chi connectivity index (χ4n) is 5.03. The van der Waals surface area contributed by atoms with Gasteiger partial charge < -0.3 is 24.8 Å². The van der Waals surface area contributed by atoms with E-state index in [0.29, 0.717) is 0 Å². The normalized spacial score (nSPS) is 11.1. The quantitative estimate of drug-likeness (QED) is 0.222. The van der Waals surface area contributed by atoms with E-state index in [-0.39, 0.29) is 51.0 Å². The molecule has 0 atom stereocenters. The van der Waals surface area contributed by atoms with E-state index in [4.69, 9.17) is 0 Å². The molecule has 0 saturated carbocycles. The average Bonchev–Trinajstić information content (AvgIpc) is 3.30. The van der Waals surface area contributed by atoms with Crippen LogP contribution in [-0.4, -0.2) is 8.07 Å². The Kier molecular flexibility index (Phi) is 11.7. The van der Waals surface area contributed by atoms with E-state index in [0.717, 1.165) is 0 Å². The average molecular weight is 561 g/mol. The van der Waals surface area contributed by atoms with Gasteiger partial charge in [0.25, 0.3) is 0 Å². The first-order valence-corrected chi connectivity index (χ1v) is 14.4. The fraction of sp³-hybridized carbons (Fsp3) is 0.357. The molecule has 0 radical (unpaired) electrons. The molecule has 0 fully saturated rings. The molecule has 0 spiro atoms. The minimum absolute atomic E-state index is 0. The third kappa shape index (κ3) is 5.52. The van der Waals surface area contributed by atoms with Crippen molar-refractivity contribution in [3.63, 3.8) is 0 Å². The van der Waals surface area contributed by atoms with Crippen molar-refractivity contribution in [3.05, 3.63) is 71.8 Å². The van der Waals surface area contributed by atoms with Gasteiger partial charge in [-0.1, -0.05) is 77.6 Å². The van der Waals surface area contributed by atoms with Gasteiger partial charge in [-0.3, -0.25) is 0 Å². The Morgan fingerprint density at radius 3 is 2.09 bits per heavy atom. The summed E-state index contributed by atoms with van der Waals surface area (Å²) < 4.78 is 0. The van der Waals surface area contributed by atoms with Gasteiger partial charge >= 0.3 is 26.2 Å². The SMILES string of the molecule is CCCCc1c([Si](C)(C)[c-]2cc(CCCC)c3ccccc32)[cH-]c2ccccc12.[Cl-].[Cl-].[Zr+4]. The smallest absolute Gasteiger partial charge is 1.00 e. The Labute approximate surface area is 226 Å². The van der Waals surface area contributed by atoms with Crippen molar-refractivity contribution < 1.29 is 51.0 Å². The van der Waals surface area contributed by atoms with E-state index < -0.39 is 8.07 Å². The van der Waals surface area contributed by atoms with E-state index in [9.17, 15) is 0 Å². The van der Waals surface area contributed by atoms with Gasteiger partial charge in [-0.25, -0.2) is 0 Å². The van der Waals surface area contributed by atoms with Gasteiger partial charge in [0.1, 0.15) is 0 Å². The molecule has 32 heavy (non-hydrogen) atoms. The summed E-state index contributed by atoms with van der Waals surface area (Å²) in [6.45, 7) is 9.74. The van der Waals surface area contributed by atoms with E-state index in [1.165, 1.54) is 60.1 Å². The minimum atomic E-state index is -1.82. The Balaban J connectivity index is 0.00000171. The van der Waals surface area contributed by atoms with E-state index in [1.807, 2.05) is 0 Å². The molecule has 0 N–H and O–H groups in total. The number of hydrogen-bond donors (Lipinski definition) is 0. The molecule has 0 aliphatic rings. The third-order valence-corrected chi connectivity index (χ3v) is 10.3. The molecule has 4 aromatic rings. The molecule has 0 unspecified atom stereocenters. The molecule has 0 nitrogen and oxygen atoms in total. The van der Waals surface area contributed by atoms with E-state index in [1.54, 1.807) is 21.5 Å². The van der Waals surface area contributed by atoms with Crippen LogP contribution in [0.1, 0.15) is 50.7 Å². The van der Waals surface area contributed by atoms with E-state index in [2.05, 4.69) is 87.6 Å². The molecule has 0 saturated heterocycles. The maximum Gasteiger partial charge on any atom is 4.00 e. The Morgan fingerprint density at radius 2 is 1.41 bits per heavy atom. The standard InChI is InChI=1S/C28H34Si.2ClH.Zr/c1-5-7-13-21-19-28(26-18-12-11-17-23(21)26)29(3,4)27-20-22-14-9-10-16-24(22)25(27)15-8-6-2;;;/h9-12,14,16-20H,5-8,13,15H2,1-4H3;2*1H;/q-2;;;+4/p-2. The number of hydrogen-bond acceptors (Lipinski definition) is 0. The molecular weight excluding hydrogens is 527 g/mol. The van der Waals surface area contributed by atoms with Gasteiger partial charge in [-0.15, -0.1) is 75.1 Å². The fourth-order valence-corrected chi connectivity index (χ4v) is 8.28. The predicted molar refractivity (Wildman–Crippen MR) is 133 cm³/mol. The first-order valence-electron chi connectivity index (χ1n) is 11.4. The first kappa shape index (κ1) is 29.4. The second kappa shape index (κ2) is 12.7. The van der Waals surface area contributed by atoms with Crippen molar-refractivity contribution in [1.29, 1.82) is 0 Å². The summed E-state index contributed by atoms with van der Waals surface area (Å²) in [4.78, 5) is 0. The van der Waals surface area contributed by atoms with Gasteiger partial charge in [0, 0.05) is 8.07 Å². The summed E-state index contributed by atoms with van der Waals surface area (Å²) in [7, 11) is -1.82. The topological polar surface area (TPSA) is 0 Å². The summed E-state index contributed by atoms with van der Waals surface area (Å²) in [6.07, 6.45) is 7.46. The molecule has 0 heterocycles. The van der Waals surface area contributed by atoms with Gasteiger partial charge in [0.05, 0.1) is 0 Å². The second-order valence-electron chi connectivity index (χ2n) is 9.08. The number of halogens is 2. The van der Waals surface area contributed by atoms with Crippen LogP contribution >= 0.6 is 0 Å². The zero-order valence-corrected chi connectivity index (χ0v) is 24.7. The number of benzene rings is 2. The summed E-state index contributed by atoms with van der Waals surface area (Å²) >= 11 is 0. The molecule has 4 aromatic carbocycles. The van der Waals surface area contributed by atoms with Crippen molar-refractivity contribution in [2.24, 2.45) is 0 Å². The van der Waals surface area contributed by atoms with Crippen LogP contribution in [0, 0.1) is 0 Å². The summed E-state index contributed by atoms with van der Waals surface area (Å²) in [5, 5.41) is 9.19. The molecular formula is C28H34Cl2SiZr. The zero-order valence-electron chi connectivity index (χ0n) is 19.8. The van der Waals surface area contributed by atoms with Crippen molar-refractivity contribution in [1.82, 2.24) is 0 Å². The Hall–Kier alpha value is -0.660. The van der Waals surface area contributed by atoms with Gasteiger partial charge in [-0.05, 0) is 0 Å². The molecule has 0 aliphatic heterocycles. The molecule has 0 amide bonds. The monoisotopic (exact) mass is 558 g/mol. The van der Waals surface area contributed by atoms with Crippen molar-refractivity contribution >= 4 is 40.0 Å². The second-order valence-corrected chi connectivity index (χ2v) is 13.4. The van der Waals surface area contributed by atoms with Gasteiger partial charge in [-0.2, -0.15) is 16.5 Å². The summed E-state index contributed by atoms with van der Waals surface area (Å²) in [5.74, 6) is 0. The number of rotatable bonds is 8. The van der Waals surface area contributed by atoms with Gasteiger partial charge in [0.15, 0.2) is 0 Å². The van der Waals surface area contributed by atoms with Gasteiger partial charge in [0.2, 0.25) is 0 Å². The molecule has 4 rings (SSSR count).